The first-order chi connectivity index (χ1) is 12.1. The number of anilines is 2. The predicted molar refractivity (Wildman–Crippen MR) is 105 cm³/mol. The van der Waals surface area contributed by atoms with Gasteiger partial charge in [0, 0.05) is 12.6 Å². The zero-order valence-corrected chi connectivity index (χ0v) is 17.1. The molecule has 1 aromatic rings. The minimum Gasteiger partial charge on any atom is -0.490 e. The number of carbonyl (C=O) groups is 1. The molecule has 6 nitrogen and oxygen atoms in total. The van der Waals surface area contributed by atoms with Gasteiger partial charge in [-0.25, -0.2) is 8.42 Å². The van der Waals surface area contributed by atoms with Crippen molar-refractivity contribution in [3.63, 3.8) is 0 Å². The first kappa shape index (κ1) is 20.6. The van der Waals surface area contributed by atoms with Gasteiger partial charge in [-0.15, -0.1) is 0 Å². The van der Waals surface area contributed by atoms with Crippen molar-refractivity contribution >= 4 is 27.3 Å². The first-order valence-electron chi connectivity index (χ1n) is 9.15. The third-order valence-electron chi connectivity index (χ3n) is 4.25. The maximum absolute atomic E-state index is 12.9. The Morgan fingerprint density at radius 1 is 1.31 bits per heavy atom. The summed E-state index contributed by atoms with van der Waals surface area (Å²) in [6.07, 6.45) is 1.43. The van der Waals surface area contributed by atoms with E-state index in [2.05, 4.69) is 18.6 Å². The van der Waals surface area contributed by atoms with E-state index in [0.29, 0.717) is 36.0 Å². The van der Waals surface area contributed by atoms with E-state index in [1.165, 1.54) is 0 Å². The van der Waals surface area contributed by atoms with Crippen LogP contribution in [-0.2, 0) is 14.8 Å². The van der Waals surface area contributed by atoms with Crippen molar-refractivity contribution in [1.82, 2.24) is 0 Å². The lowest BCUT2D eigenvalue weighted by atomic mass is 9.92. The monoisotopic (exact) mass is 382 g/mol. The number of sulfonamides is 1. The number of ether oxygens (including phenoxy) is 1. The lowest BCUT2D eigenvalue weighted by molar-refractivity contribution is -0.127. The molecule has 1 aromatic carbocycles. The largest absolute Gasteiger partial charge is 0.490 e. The second-order valence-corrected chi connectivity index (χ2v) is 9.78. The van der Waals surface area contributed by atoms with Gasteiger partial charge in [-0.2, -0.15) is 0 Å². The van der Waals surface area contributed by atoms with Gasteiger partial charge in [-0.3, -0.25) is 9.52 Å². The molecule has 0 radical (unpaired) electrons. The van der Waals surface area contributed by atoms with Crippen LogP contribution in [0.25, 0.3) is 0 Å². The van der Waals surface area contributed by atoms with Gasteiger partial charge in [-0.1, -0.05) is 27.2 Å². The number of hydrogen-bond donors (Lipinski definition) is 1. The van der Waals surface area contributed by atoms with E-state index >= 15 is 0 Å². The Balaban J connectivity index is 2.35. The summed E-state index contributed by atoms with van der Waals surface area (Å²) in [4.78, 5) is 14.7. The summed E-state index contributed by atoms with van der Waals surface area (Å²) in [6.45, 7) is 10.6. The van der Waals surface area contributed by atoms with Crippen LogP contribution in [0.15, 0.2) is 18.2 Å². The summed E-state index contributed by atoms with van der Waals surface area (Å²) in [5.74, 6) is 0.932. The Morgan fingerprint density at radius 3 is 2.62 bits per heavy atom. The first-order valence-corrected chi connectivity index (χ1v) is 10.8. The van der Waals surface area contributed by atoms with E-state index < -0.39 is 15.4 Å². The highest BCUT2D eigenvalue weighted by atomic mass is 32.2. The van der Waals surface area contributed by atoms with Gasteiger partial charge >= 0.3 is 0 Å². The molecule has 0 saturated carbocycles. The molecule has 1 amide bonds. The number of benzene rings is 1. The number of hydrogen-bond acceptors (Lipinski definition) is 4. The lowest BCUT2D eigenvalue weighted by Gasteiger charge is -2.29. The average Bonchev–Trinajstić information content (AvgIpc) is 2.63. The van der Waals surface area contributed by atoms with E-state index in [0.717, 1.165) is 6.42 Å². The molecule has 1 aliphatic rings. The molecule has 1 N–H and O–H groups in total. The molecule has 1 aliphatic heterocycles. The Labute approximate surface area is 157 Å². The summed E-state index contributed by atoms with van der Waals surface area (Å²) in [5, 5.41) is 0. The van der Waals surface area contributed by atoms with E-state index in [1.54, 1.807) is 23.1 Å². The molecule has 0 saturated heterocycles. The lowest BCUT2D eigenvalue weighted by Crippen LogP contribution is -2.43. The van der Waals surface area contributed by atoms with Gasteiger partial charge in [0.1, 0.15) is 12.4 Å². The fourth-order valence-corrected chi connectivity index (χ4v) is 4.08. The number of nitrogens with one attached hydrogen (secondary N) is 1. The van der Waals surface area contributed by atoms with Crippen LogP contribution in [0.1, 0.15) is 47.5 Å². The standard InChI is InChI=1S/C19H30N2O4S/c1-6-7-10-26(23,24)20-15-8-9-16-17(11-15)25-13-19(4,5)18(22)21(16)12-14(2)3/h8-9,11,14,20H,6-7,10,12-13H2,1-5H3. The summed E-state index contributed by atoms with van der Waals surface area (Å²) >= 11 is 0. The third kappa shape index (κ3) is 4.90. The van der Waals surface area contributed by atoms with E-state index in [4.69, 9.17) is 4.74 Å². The van der Waals surface area contributed by atoms with Crippen LogP contribution in [0.5, 0.6) is 5.75 Å². The van der Waals surface area contributed by atoms with E-state index in [9.17, 15) is 13.2 Å². The maximum Gasteiger partial charge on any atom is 0.236 e. The van der Waals surface area contributed by atoms with Crippen LogP contribution in [0, 0.1) is 11.3 Å². The minimum absolute atomic E-state index is 0.0150. The van der Waals surface area contributed by atoms with Crippen molar-refractivity contribution in [3.8, 4) is 5.75 Å². The van der Waals surface area contributed by atoms with Crippen molar-refractivity contribution in [2.45, 2.75) is 47.5 Å². The quantitative estimate of drug-likeness (QED) is 0.781. The smallest absolute Gasteiger partial charge is 0.236 e. The van der Waals surface area contributed by atoms with Crippen LogP contribution in [0.3, 0.4) is 0 Å². The van der Waals surface area contributed by atoms with Crippen molar-refractivity contribution in [2.24, 2.45) is 11.3 Å². The Morgan fingerprint density at radius 2 is 2.00 bits per heavy atom. The zero-order chi connectivity index (χ0) is 19.5. The molecule has 0 atom stereocenters. The molecule has 0 fully saturated rings. The summed E-state index contributed by atoms with van der Waals surface area (Å²) in [5.41, 5.74) is 0.497. The van der Waals surface area contributed by atoms with Gasteiger partial charge in [0.15, 0.2) is 0 Å². The topological polar surface area (TPSA) is 75.7 Å². The number of amides is 1. The van der Waals surface area contributed by atoms with Gasteiger partial charge in [0.25, 0.3) is 0 Å². The van der Waals surface area contributed by atoms with Crippen molar-refractivity contribution in [3.05, 3.63) is 18.2 Å². The minimum atomic E-state index is -3.38. The van der Waals surface area contributed by atoms with Crippen molar-refractivity contribution in [2.75, 3.05) is 28.5 Å². The normalized spacial score (nSPS) is 16.8. The second-order valence-electron chi connectivity index (χ2n) is 7.94. The predicted octanol–water partition coefficient (Wildman–Crippen LogP) is 3.64. The van der Waals surface area contributed by atoms with Gasteiger partial charge in [0.2, 0.25) is 15.9 Å². The van der Waals surface area contributed by atoms with E-state index in [-0.39, 0.29) is 18.3 Å². The number of unbranched alkanes of at least 4 members (excludes halogenated alkanes) is 1. The maximum atomic E-state index is 12.9. The van der Waals surface area contributed by atoms with Gasteiger partial charge in [0.05, 0.1) is 22.5 Å². The van der Waals surface area contributed by atoms with Crippen LogP contribution < -0.4 is 14.4 Å². The number of nitrogens with zero attached hydrogens (tertiary/aromatic N) is 1. The van der Waals surface area contributed by atoms with Gasteiger partial charge < -0.3 is 9.64 Å². The summed E-state index contributed by atoms with van der Waals surface area (Å²) < 4.78 is 32.8. The molecule has 1 heterocycles. The fourth-order valence-electron chi connectivity index (χ4n) is 2.82. The number of rotatable bonds is 7. The molecule has 26 heavy (non-hydrogen) atoms. The Hall–Kier alpha value is -1.76. The molecule has 2 rings (SSSR count). The molecular weight excluding hydrogens is 352 g/mol. The molecule has 7 heteroatoms. The SMILES string of the molecule is CCCCS(=O)(=O)Nc1ccc2c(c1)OCC(C)(C)C(=O)N2CC(C)C. The van der Waals surface area contributed by atoms with Crippen molar-refractivity contribution in [1.29, 1.82) is 0 Å². The average molecular weight is 383 g/mol. The highest BCUT2D eigenvalue weighted by molar-refractivity contribution is 7.92. The van der Waals surface area contributed by atoms with E-state index in [1.807, 2.05) is 20.8 Å². The molecular formula is C19H30N2O4S. The molecule has 0 aliphatic carbocycles. The molecule has 0 aromatic heterocycles. The van der Waals surface area contributed by atoms with Crippen LogP contribution in [-0.4, -0.2) is 33.2 Å². The Kier molecular flexibility index (Phi) is 6.21. The highest BCUT2D eigenvalue weighted by Crippen LogP contribution is 2.38. The molecule has 0 spiro atoms. The molecule has 0 bridgehead atoms. The third-order valence-corrected chi connectivity index (χ3v) is 5.62. The zero-order valence-electron chi connectivity index (χ0n) is 16.3. The molecule has 0 unspecified atom stereocenters. The van der Waals surface area contributed by atoms with Crippen LogP contribution in [0.2, 0.25) is 0 Å². The summed E-state index contributed by atoms with van der Waals surface area (Å²) in [6, 6.07) is 5.11. The second kappa shape index (κ2) is 7.86. The van der Waals surface area contributed by atoms with Crippen molar-refractivity contribution < 1.29 is 17.9 Å². The summed E-state index contributed by atoms with van der Waals surface area (Å²) in [7, 11) is -3.38. The fraction of sp³-hybridized carbons (Fsp3) is 0.632. The Bertz CT molecular complexity index is 757. The number of carbonyl (C=O) groups excluding carboxylic acids is 1. The highest BCUT2D eigenvalue weighted by Gasteiger charge is 2.38. The van der Waals surface area contributed by atoms with Gasteiger partial charge in [-0.05, 0) is 38.3 Å². The van der Waals surface area contributed by atoms with Crippen LogP contribution >= 0.6 is 0 Å². The van der Waals surface area contributed by atoms with Crippen LogP contribution in [0.4, 0.5) is 11.4 Å². The molecule has 146 valence electrons. The number of fused-ring (bicyclic) bond motifs is 1.